The van der Waals surface area contributed by atoms with E-state index >= 15 is 0 Å². The molecule has 0 aliphatic carbocycles. The molecule has 0 aromatic carbocycles. The third-order valence-electron chi connectivity index (χ3n) is 1.32. The molecule has 2 unspecified atom stereocenters. The lowest BCUT2D eigenvalue weighted by Crippen LogP contribution is -2.26. The van der Waals surface area contributed by atoms with Crippen molar-refractivity contribution in [1.29, 1.82) is 0 Å². The van der Waals surface area contributed by atoms with Gasteiger partial charge in [-0.05, 0) is 6.92 Å². The molecular weight excluding hydrogens is 203 g/mol. The van der Waals surface area contributed by atoms with Gasteiger partial charge in [0.25, 0.3) is 5.78 Å². The molecule has 0 aliphatic heterocycles. The summed E-state index contributed by atoms with van der Waals surface area (Å²) in [7, 11) is -4.37. The molecule has 0 amide bonds. The number of aliphatic hydroxyl groups excluding tert-OH is 1. The Bertz CT molecular complexity index is 260. The second kappa shape index (κ2) is 4.48. The van der Waals surface area contributed by atoms with E-state index in [4.69, 9.17) is 15.1 Å². The number of rotatable bonds is 5. The number of carboxylic acids is 1. The minimum absolute atomic E-state index is 0.937. The first kappa shape index (κ1) is 12.2. The maximum absolute atomic E-state index is 10.9. The van der Waals surface area contributed by atoms with E-state index in [9.17, 15) is 14.2 Å². The van der Waals surface area contributed by atoms with Crippen LogP contribution in [0.1, 0.15) is 6.92 Å². The molecule has 3 N–H and O–H groups in total. The van der Waals surface area contributed by atoms with Crippen LogP contribution in [-0.4, -0.2) is 39.3 Å². The number of hydrogen-bond acceptors (Lipinski definition) is 5. The van der Waals surface area contributed by atoms with E-state index in [0.717, 1.165) is 6.92 Å². The molecule has 0 saturated heterocycles. The van der Waals surface area contributed by atoms with Crippen molar-refractivity contribution in [3.8, 4) is 0 Å². The number of carboxylic acid groups (broad SMARTS) is 1. The Balaban J connectivity index is 4.58. The lowest BCUT2D eigenvalue weighted by molar-refractivity contribution is -0.149. The fraction of sp³-hybridized carbons (Fsp3) is 0.600. The molecule has 0 radical (unpaired) electrons. The molecule has 0 saturated carbocycles. The molecule has 8 heteroatoms. The third kappa shape index (κ3) is 3.23. The minimum atomic E-state index is -4.37. The molecule has 0 aromatic heterocycles. The Morgan fingerprint density at radius 1 is 1.54 bits per heavy atom. The molecule has 0 rings (SSSR count). The van der Waals surface area contributed by atoms with Crippen LogP contribution in [0.25, 0.3) is 0 Å². The maximum atomic E-state index is 10.9. The highest BCUT2D eigenvalue weighted by Gasteiger charge is 2.37. The van der Waals surface area contributed by atoms with Crippen LogP contribution in [0.2, 0.25) is 0 Å². The number of ketones is 1. The third-order valence-corrected chi connectivity index (χ3v) is 3.02. The highest BCUT2D eigenvalue weighted by molar-refractivity contribution is 7.55. The van der Waals surface area contributed by atoms with E-state index in [-0.39, 0.29) is 0 Å². The fourth-order valence-electron chi connectivity index (χ4n) is 0.521. The van der Waals surface area contributed by atoms with E-state index < -0.39 is 31.8 Å². The summed E-state index contributed by atoms with van der Waals surface area (Å²) in [4.78, 5) is 29.7. The monoisotopic (exact) mass is 212 g/mol. The fourth-order valence-corrected chi connectivity index (χ4v) is 1.32. The van der Waals surface area contributed by atoms with Crippen LogP contribution < -0.4 is 0 Å². The van der Waals surface area contributed by atoms with Crippen molar-refractivity contribution in [2.75, 3.05) is 6.79 Å². The van der Waals surface area contributed by atoms with Gasteiger partial charge in [-0.1, -0.05) is 0 Å². The molecule has 0 heterocycles. The Hall–Kier alpha value is -0.750. The first-order valence-corrected chi connectivity index (χ1v) is 4.82. The van der Waals surface area contributed by atoms with Gasteiger partial charge in [0.2, 0.25) is 0 Å². The van der Waals surface area contributed by atoms with Crippen LogP contribution in [0.5, 0.6) is 0 Å². The summed E-state index contributed by atoms with van der Waals surface area (Å²) in [5.41, 5.74) is -1.68. The zero-order valence-corrected chi connectivity index (χ0v) is 7.60. The zero-order chi connectivity index (χ0) is 10.6. The topological polar surface area (TPSA) is 121 Å². The van der Waals surface area contributed by atoms with Gasteiger partial charge >= 0.3 is 13.6 Å². The normalized spacial score (nSPS) is 17.5. The van der Waals surface area contributed by atoms with Crippen molar-refractivity contribution in [1.82, 2.24) is 0 Å². The van der Waals surface area contributed by atoms with E-state index in [0.29, 0.717) is 0 Å². The molecular formula is C5H9O7P. The maximum Gasteiger partial charge on any atom is 0.373 e. The van der Waals surface area contributed by atoms with Gasteiger partial charge in [-0.25, -0.2) is 4.79 Å². The molecule has 0 fully saturated rings. The van der Waals surface area contributed by atoms with Gasteiger partial charge in [0.15, 0.2) is 6.79 Å². The lowest BCUT2D eigenvalue weighted by atomic mass is 10.3. The SMILES string of the molecule is CC(C(=O)C(=O)O)P(=O)(O)OCO. The highest BCUT2D eigenvalue weighted by atomic mass is 31.2. The van der Waals surface area contributed by atoms with Crippen LogP contribution in [0.4, 0.5) is 0 Å². The standard InChI is InChI=1S/C5H9O7P/c1-3(4(7)5(8)9)13(10,11)12-2-6/h3,6H,2H2,1H3,(H,8,9)(H,10,11). The number of hydrogen-bond donors (Lipinski definition) is 3. The number of carbonyl (C=O) groups is 2. The number of aliphatic carboxylic acids is 1. The van der Waals surface area contributed by atoms with Crippen LogP contribution in [0.3, 0.4) is 0 Å². The Kier molecular flexibility index (Phi) is 4.22. The molecule has 0 aliphatic rings. The van der Waals surface area contributed by atoms with E-state index in [2.05, 4.69) is 4.52 Å². The van der Waals surface area contributed by atoms with E-state index in [1.54, 1.807) is 0 Å². The summed E-state index contributed by atoms with van der Waals surface area (Å²) in [5.74, 6) is -3.25. The smallest absolute Gasteiger partial charge is 0.373 e. The van der Waals surface area contributed by atoms with Crippen molar-refractivity contribution in [2.24, 2.45) is 0 Å². The van der Waals surface area contributed by atoms with Crippen LogP contribution >= 0.6 is 7.60 Å². The predicted molar refractivity (Wildman–Crippen MR) is 40.1 cm³/mol. The molecule has 13 heavy (non-hydrogen) atoms. The summed E-state index contributed by atoms with van der Waals surface area (Å²) in [6.07, 6.45) is 0. The largest absolute Gasteiger partial charge is 0.475 e. The van der Waals surface area contributed by atoms with Crippen molar-refractivity contribution < 1.29 is 33.8 Å². The average molecular weight is 212 g/mol. The lowest BCUT2D eigenvalue weighted by Gasteiger charge is -2.14. The first-order chi connectivity index (χ1) is 5.83. The van der Waals surface area contributed by atoms with Gasteiger partial charge in [-0.2, -0.15) is 0 Å². The Morgan fingerprint density at radius 2 is 2.00 bits per heavy atom. The van der Waals surface area contributed by atoms with Gasteiger partial charge in [-0.3, -0.25) is 13.9 Å². The second-order valence-corrected chi connectivity index (χ2v) is 4.33. The van der Waals surface area contributed by atoms with Gasteiger partial charge in [-0.15, -0.1) is 0 Å². The van der Waals surface area contributed by atoms with E-state index in [1.165, 1.54) is 0 Å². The summed E-state index contributed by atoms with van der Waals surface area (Å²) in [5, 5.41) is 16.3. The van der Waals surface area contributed by atoms with Crippen molar-refractivity contribution >= 4 is 19.3 Å². The molecule has 0 aromatic rings. The second-order valence-electron chi connectivity index (χ2n) is 2.17. The highest BCUT2D eigenvalue weighted by Crippen LogP contribution is 2.47. The Labute approximate surface area is 73.5 Å². The minimum Gasteiger partial charge on any atom is -0.475 e. The Morgan fingerprint density at radius 3 is 2.31 bits per heavy atom. The zero-order valence-electron chi connectivity index (χ0n) is 6.71. The number of carbonyl (C=O) groups excluding carboxylic acids is 1. The van der Waals surface area contributed by atoms with Gasteiger partial charge in [0, 0.05) is 0 Å². The summed E-state index contributed by atoms with van der Waals surface area (Å²) in [6.45, 7) is -0.113. The van der Waals surface area contributed by atoms with Gasteiger partial charge < -0.3 is 15.1 Å². The van der Waals surface area contributed by atoms with Crippen LogP contribution in [-0.2, 0) is 18.7 Å². The molecule has 7 nitrogen and oxygen atoms in total. The quantitative estimate of drug-likeness (QED) is 0.309. The molecule has 0 spiro atoms. The van der Waals surface area contributed by atoms with Crippen LogP contribution in [0, 0.1) is 0 Å². The molecule has 0 bridgehead atoms. The van der Waals surface area contributed by atoms with Crippen molar-refractivity contribution in [3.05, 3.63) is 0 Å². The summed E-state index contributed by atoms with van der Waals surface area (Å²) >= 11 is 0. The van der Waals surface area contributed by atoms with Crippen molar-refractivity contribution in [3.63, 3.8) is 0 Å². The molecule has 2 atom stereocenters. The van der Waals surface area contributed by atoms with Gasteiger partial charge in [0.05, 0.1) is 0 Å². The first-order valence-electron chi connectivity index (χ1n) is 3.18. The number of Topliss-reactive ketones (excluding diaryl/α,β-unsaturated/α-hetero) is 1. The average Bonchev–Trinajstić information content (AvgIpc) is 2.01. The van der Waals surface area contributed by atoms with E-state index in [1.807, 2.05) is 0 Å². The van der Waals surface area contributed by atoms with Crippen molar-refractivity contribution in [2.45, 2.75) is 12.6 Å². The van der Waals surface area contributed by atoms with Crippen LogP contribution in [0.15, 0.2) is 0 Å². The summed E-state index contributed by atoms with van der Waals surface area (Å²) in [6, 6.07) is 0. The molecule has 76 valence electrons. The predicted octanol–water partition coefficient (Wildman–Crippen LogP) is -0.820. The van der Waals surface area contributed by atoms with Gasteiger partial charge in [0.1, 0.15) is 5.66 Å². The number of aliphatic hydroxyl groups is 1. The summed E-state index contributed by atoms with van der Waals surface area (Å²) < 4.78 is 14.9.